The zero-order chi connectivity index (χ0) is 21.6. The molecule has 2 amide bonds. The maximum atomic E-state index is 12.7. The molecule has 2 aromatic rings. The van der Waals surface area contributed by atoms with Gasteiger partial charge in [-0.25, -0.2) is 8.42 Å². The summed E-state index contributed by atoms with van der Waals surface area (Å²) in [6, 6.07) is 11.3. The summed E-state index contributed by atoms with van der Waals surface area (Å²) in [4.78, 5) is 29.3. The van der Waals surface area contributed by atoms with Crippen LogP contribution in [0.2, 0.25) is 0 Å². The Hall–Kier alpha value is -2.78. The molecule has 0 spiro atoms. The molecule has 1 fully saturated rings. The number of benzene rings is 1. The third-order valence-electron chi connectivity index (χ3n) is 4.87. The normalized spacial score (nSPS) is 16.9. The van der Waals surface area contributed by atoms with E-state index in [0.29, 0.717) is 43.6 Å². The first-order valence-corrected chi connectivity index (χ1v) is 11.6. The lowest BCUT2D eigenvalue weighted by Gasteiger charge is -2.23. The second-order valence-corrected chi connectivity index (χ2v) is 9.20. The molecule has 2 heterocycles. The summed E-state index contributed by atoms with van der Waals surface area (Å²) in [6.07, 6.45) is 3.30. The number of carbonyl (C=O) groups excluding carboxylic acids is 2. The number of hydrogen-bond acceptors (Lipinski definition) is 5. The summed E-state index contributed by atoms with van der Waals surface area (Å²) in [5.74, 6) is -0.633. The predicted octanol–water partition coefficient (Wildman–Crippen LogP) is 2.15. The van der Waals surface area contributed by atoms with E-state index in [9.17, 15) is 18.0 Å². The lowest BCUT2D eigenvalue weighted by atomic mass is 10.1. The fraction of sp³-hybridized carbons (Fsp3) is 0.381. The summed E-state index contributed by atoms with van der Waals surface area (Å²) in [5, 5.41) is 5.55. The first-order chi connectivity index (χ1) is 14.4. The zero-order valence-electron chi connectivity index (χ0n) is 16.9. The van der Waals surface area contributed by atoms with Crippen LogP contribution in [0.5, 0.6) is 0 Å². The third-order valence-corrected chi connectivity index (χ3v) is 6.95. The van der Waals surface area contributed by atoms with Crippen molar-refractivity contribution in [2.75, 3.05) is 17.6 Å². The summed E-state index contributed by atoms with van der Waals surface area (Å²) >= 11 is 0. The molecular weight excluding hydrogens is 404 g/mol. The number of nitrogens with one attached hydrogen (secondary N) is 2. The Morgan fingerprint density at radius 2 is 2.03 bits per heavy atom. The Morgan fingerprint density at radius 1 is 1.20 bits per heavy atom. The first kappa shape index (κ1) is 21.9. The van der Waals surface area contributed by atoms with Gasteiger partial charge in [0.2, 0.25) is 15.9 Å². The molecule has 160 valence electrons. The number of aromatic nitrogens is 1. The summed E-state index contributed by atoms with van der Waals surface area (Å²) < 4.78 is 26.1. The average molecular weight is 431 g/mol. The number of amides is 2. The van der Waals surface area contributed by atoms with Crippen LogP contribution >= 0.6 is 0 Å². The Kier molecular flexibility index (Phi) is 7.17. The highest BCUT2D eigenvalue weighted by Gasteiger charge is 2.38. The maximum Gasteiger partial charge on any atom is 0.251 e. The van der Waals surface area contributed by atoms with Crippen molar-refractivity contribution in [3.63, 3.8) is 0 Å². The number of hydrogen-bond donors (Lipinski definition) is 2. The van der Waals surface area contributed by atoms with Gasteiger partial charge in [-0.1, -0.05) is 19.1 Å². The van der Waals surface area contributed by atoms with Crippen LogP contribution < -0.4 is 10.6 Å². The molecule has 3 rings (SSSR count). The second kappa shape index (κ2) is 9.82. The van der Waals surface area contributed by atoms with E-state index in [1.165, 1.54) is 4.31 Å². The van der Waals surface area contributed by atoms with Crippen molar-refractivity contribution in [3.8, 4) is 0 Å². The second-order valence-electron chi connectivity index (χ2n) is 7.16. The molecular formula is C21H26N4O4S. The molecule has 1 atom stereocenters. The van der Waals surface area contributed by atoms with E-state index in [1.54, 1.807) is 43.5 Å². The van der Waals surface area contributed by atoms with Gasteiger partial charge in [-0.2, -0.15) is 4.31 Å². The standard InChI is InChI=1S/C21H26N4O4S/c1-2-13-30(28,29)25-12-6-10-19(25)21(27)24-17-9-5-7-16(14-17)20(26)23-15-18-8-3-4-11-22-18/h3-5,7-9,11,14,19H,2,6,10,12-13,15H2,1H3,(H,23,26)(H,24,27). The molecule has 1 aliphatic rings. The predicted molar refractivity (Wildman–Crippen MR) is 114 cm³/mol. The van der Waals surface area contributed by atoms with Gasteiger partial charge in [0.25, 0.3) is 5.91 Å². The van der Waals surface area contributed by atoms with E-state index in [1.807, 2.05) is 12.1 Å². The fourth-order valence-corrected chi connectivity index (χ4v) is 5.20. The summed E-state index contributed by atoms with van der Waals surface area (Å²) in [6.45, 7) is 2.45. The average Bonchev–Trinajstić information content (AvgIpc) is 3.24. The lowest BCUT2D eigenvalue weighted by molar-refractivity contribution is -0.119. The molecule has 1 saturated heterocycles. The number of rotatable bonds is 8. The van der Waals surface area contributed by atoms with Crippen molar-refractivity contribution in [3.05, 3.63) is 59.9 Å². The molecule has 9 heteroatoms. The zero-order valence-corrected chi connectivity index (χ0v) is 17.7. The highest BCUT2D eigenvalue weighted by Crippen LogP contribution is 2.23. The lowest BCUT2D eigenvalue weighted by Crippen LogP contribution is -2.44. The van der Waals surface area contributed by atoms with E-state index in [2.05, 4.69) is 15.6 Å². The molecule has 8 nitrogen and oxygen atoms in total. The van der Waals surface area contributed by atoms with E-state index in [4.69, 9.17) is 0 Å². The minimum Gasteiger partial charge on any atom is -0.346 e. The van der Waals surface area contributed by atoms with E-state index in [-0.39, 0.29) is 17.6 Å². The van der Waals surface area contributed by atoms with Crippen LogP contribution in [0.1, 0.15) is 42.2 Å². The van der Waals surface area contributed by atoms with Gasteiger partial charge in [0.15, 0.2) is 0 Å². The maximum absolute atomic E-state index is 12.7. The topological polar surface area (TPSA) is 108 Å². The minimum absolute atomic E-state index is 0.0305. The van der Waals surface area contributed by atoms with Gasteiger partial charge < -0.3 is 10.6 Å². The number of nitrogens with zero attached hydrogens (tertiary/aromatic N) is 2. The van der Waals surface area contributed by atoms with Gasteiger partial charge in [-0.15, -0.1) is 0 Å². The van der Waals surface area contributed by atoms with Crippen molar-refractivity contribution in [2.45, 2.75) is 38.8 Å². The van der Waals surface area contributed by atoms with Crippen LogP contribution in [0.25, 0.3) is 0 Å². The highest BCUT2D eigenvalue weighted by molar-refractivity contribution is 7.89. The van der Waals surface area contributed by atoms with Crippen molar-refractivity contribution >= 4 is 27.5 Å². The Balaban J connectivity index is 1.64. The molecule has 1 aromatic carbocycles. The SMILES string of the molecule is CCCS(=O)(=O)N1CCCC1C(=O)Nc1cccc(C(=O)NCc2ccccn2)c1. The van der Waals surface area contributed by atoms with Crippen LogP contribution in [-0.2, 0) is 21.4 Å². The summed E-state index contributed by atoms with van der Waals surface area (Å²) in [5.41, 5.74) is 1.58. The molecule has 1 aliphatic heterocycles. The van der Waals surface area contributed by atoms with Crippen LogP contribution in [-0.4, -0.2) is 47.9 Å². The van der Waals surface area contributed by atoms with E-state index < -0.39 is 16.1 Å². The molecule has 0 saturated carbocycles. The van der Waals surface area contributed by atoms with Crippen molar-refractivity contribution < 1.29 is 18.0 Å². The van der Waals surface area contributed by atoms with Crippen LogP contribution in [0, 0.1) is 0 Å². The first-order valence-electron chi connectivity index (χ1n) is 9.99. The van der Waals surface area contributed by atoms with Crippen LogP contribution in [0.3, 0.4) is 0 Å². The monoisotopic (exact) mass is 430 g/mol. The van der Waals surface area contributed by atoms with Crippen LogP contribution in [0.15, 0.2) is 48.7 Å². The van der Waals surface area contributed by atoms with Gasteiger partial charge >= 0.3 is 0 Å². The van der Waals surface area contributed by atoms with Gasteiger partial charge in [0.05, 0.1) is 18.0 Å². The largest absolute Gasteiger partial charge is 0.346 e. The molecule has 0 aliphatic carbocycles. The number of anilines is 1. The van der Waals surface area contributed by atoms with Crippen molar-refractivity contribution in [1.29, 1.82) is 0 Å². The smallest absolute Gasteiger partial charge is 0.251 e. The summed E-state index contributed by atoms with van der Waals surface area (Å²) in [7, 11) is -3.45. The Morgan fingerprint density at radius 3 is 2.77 bits per heavy atom. The van der Waals surface area contributed by atoms with Gasteiger partial charge in [-0.3, -0.25) is 14.6 Å². The molecule has 1 unspecified atom stereocenters. The molecule has 30 heavy (non-hydrogen) atoms. The quantitative estimate of drug-likeness (QED) is 0.667. The van der Waals surface area contributed by atoms with Crippen molar-refractivity contribution in [2.24, 2.45) is 0 Å². The fourth-order valence-electron chi connectivity index (χ4n) is 3.45. The van der Waals surface area contributed by atoms with Gasteiger partial charge in [-0.05, 0) is 49.6 Å². The molecule has 1 aromatic heterocycles. The molecule has 2 N–H and O–H groups in total. The number of sulfonamides is 1. The van der Waals surface area contributed by atoms with E-state index in [0.717, 1.165) is 5.69 Å². The van der Waals surface area contributed by atoms with Gasteiger partial charge in [0.1, 0.15) is 6.04 Å². The Bertz CT molecular complexity index is 995. The Labute approximate surface area is 176 Å². The van der Waals surface area contributed by atoms with Crippen molar-refractivity contribution in [1.82, 2.24) is 14.6 Å². The highest BCUT2D eigenvalue weighted by atomic mass is 32.2. The number of pyridine rings is 1. The number of carbonyl (C=O) groups is 2. The van der Waals surface area contributed by atoms with Crippen LogP contribution in [0.4, 0.5) is 5.69 Å². The molecule has 0 radical (unpaired) electrons. The molecule has 0 bridgehead atoms. The third kappa shape index (κ3) is 5.43. The van der Waals surface area contributed by atoms with Gasteiger partial charge in [0, 0.05) is 24.0 Å². The minimum atomic E-state index is -3.45. The van der Waals surface area contributed by atoms with E-state index >= 15 is 0 Å².